The summed E-state index contributed by atoms with van der Waals surface area (Å²) >= 11 is 6.11. The molecule has 1 atom stereocenters. The molecule has 0 bridgehead atoms. The molecule has 0 saturated heterocycles. The van der Waals surface area contributed by atoms with E-state index in [0.29, 0.717) is 16.3 Å². The van der Waals surface area contributed by atoms with E-state index in [0.717, 1.165) is 5.56 Å². The highest BCUT2D eigenvalue weighted by molar-refractivity contribution is 6.31. The van der Waals surface area contributed by atoms with Crippen LogP contribution in [-0.4, -0.2) is 16.9 Å². The number of anilines is 1. The first-order chi connectivity index (χ1) is 13.0. The van der Waals surface area contributed by atoms with Crippen LogP contribution in [0.2, 0.25) is 5.02 Å². The van der Waals surface area contributed by atoms with E-state index in [2.05, 4.69) is 10.3 Å². The largest absolute Gasteiger partial charge is 0.443 e. The van der Waals surface area contributed by atoms with E-state index in [4.69, 9.17) is 16.3 Å². The summed E-state index contributed by atoms with van der Waals surface area (Å²) in [4.78, 5) is 29.2. The van der Waals surface area contributed by atoms with Gasteiger partial charge < -0.3 is 10.1 Å². The van der Waals surface area contributed by atoms with Crippen LogP contribution in [0, 0.1) is 6.92 Å². The van der Waals surface area contributed by atoms with E-state index in [-0.39, 0.29) is 5.69 Å². The molecule has 0 aliphatic heterocycles. The summed E-state index contributed by atoms with van der Waals surface area (Å²) < 4.78 is 5.46. The quantitative estimate of drug-likeness (QED) is 0.658. The number of esters is 1. The number of aryl methyl sites for hydroxylation is 1. The molecule has 0 fully saturated rings. The number of hydrogen-bond donors (Lipinski definition) is 1. The van der Waals surface area contributed by atoms with Crippen molar-refractivity contribution in [2.45, 2.75) is 13.0 Å². The number of nitrogens with one attached hydrogen (secondary N) is 1. The van der Waals surface area contributed by atoms with Gasteiger partial charge in [-0.2, -0.15) is 0 Å². The van der Waals surface area contributed by atoms with E-state index in [1.54, 1.807) is 54.6 Å². The van der Waals surface area contributed by atoms with Gasteiger partial charge in [-0.1, -0.05) is 54.1 Å². The predicted molar refractivity (Wildman–Crippen MR) is 104 cm³/mol. The second-order valence-corrected chi connectivity index (χ2v) is 6.27. The third-order valence-electron chi connectivity index (χ3n) is 3.88. The SMILES string of the molecule is Cc1ccc(NC(=O)[C@@H](OC(=O)c2ccccn2)c2ccccc2)cc1Cl. The molecule has 6 heteroatoms. The Labute approximate surface area is 162 Å². The lowest BCUT2D eigenvalue weighted by atomic mass is 10.1. The molecular weight excluding hydrogens is 364 g/mol. The maximum atomic E-state index is 12.8. The molecule has 1 amide bonds. The molecule has 0 unspecified atom stereocenters. The first-order valence-electron chi connectivity index (χ1n) is 8.28. The topological polar surface area (TPSA) is 68.3 Å². The fraction of sp³-hybridized carbons (Fsp3) is 0.0952. The van der Waals surface area contributed by atoms with Crippen molar-refractivity contribution in [3.8, 4) is 0 Å². The average molecular weight is 381 g/mol. The molecular formula is C21H17ClN2O3. The Hall–Kier alpha value is -3.18. The Morgan fingerprint density at radius 1 is 1.04 bits per heavy atom. The van der Waals surface area contributed by atoms with E-state index in [1.165, 1.54) is 12.3 Å². The number of rotatable bonds is 5. The molecule has 1 heterocycles. The fourth-order valence-corrected chi connectivity index (χ4v) is 2.61. The lowest BCUT2D eigenvalue weighted by molar-refractivity contribution is -0.125. The fourth-order valence-electron chi connectivity index (χ4n) is 2.43. The number of carbonyl (C=O) groups excluding carboxylic acids is 2. The maximum absolute atomic E-state index is 12.8. The first kappa shape index (κ1) is 18.6. The van der Waals surface area contributed by atoms with Gasteiger partial charge in [0.1, 0.15) is 5.69 Å². The smallest absolute Gasteiger partial charge is 0.358 e. The number of amides is 1. The molecule has 3 aromatic rings. The van der Waals surface area contributed by atoms with Crippen molar-refractivity contribution in [3.63, 3.8) is 0 Å². The number of pyridine rings is 1. The summed E-state index contributed by atoms with van der Waals surface area (Å²) in [5.41, 5.74) is 2.10. The molecule has 3 rings (SSSR count). The van der Waals surface area contributed by atoms with Gasteiger partial charge in [0.25, 0.3) is 5.91 Å². The van der Waals surface area contributed by atoms with Crippen molar-refractivity contribution in [3.05, 3.63) is 94.8 Å². The van der Waals surface area contributed by atoms with Gasteiger partial charge in [0.15, 0.2) is 0 Å². The Morgan fingerprint density at radius 2 is 1.78 bits per heavy atom. The number of aromatic nitrogens is 1. The normalized spacial score (nSPS) is 11.5. The molecule has 136 valence electrons. The van der Waals surface area contributed by atoms with Crippen LogP contribution in [0.15, 0.2) is 72.9 Å². The van der Waals surface area contributed by atoms with E-state index < -0.39 is 18.0 Å². The summed E-state index contributed by atoms with van der Waals surface area (Å²) in [5.74, 6) is -1.16. The van der Waals surface area contributed by atoms with Gasteiger partial charge in [-0.25, -0.2) is 9.78 Å². The van der Waals surface area contributed by atoms with Gasteiger partial charge in [-0.15, -0.1) is 0 Å². The molecule has 1 aromatic heterocycles. The zero-order chi connectivity index (χ0) is 19.2. The van der Waals surface area contributed by atoms with Crippen molar-refractivity contribution >= 4 is 29.2 Å². The van der Waals surface area contributed by atoms with Gasteiger partial charge in [0.2, 0.25) is 6.10 Å². The molecule has 0 spiro atoms. The lowest BCUT2D eigenvalue weighted by Crippen LogP contribution is -2.26. The van der Waals surface area contributed by atoms with Gasteiger partial charge in [-0.3, -0.25) is 4.79 Å². The minimum atomic E-state index is -1.12. The van der Waals surface area contributed by atoms with Crippen LogP contribution in [0.4, 0.5) is 5.69 Å². The van der Waals surface area contributed by atoms with Gasteiger partial charge >= 0.3 is 5.97 Å². The van der Waals surface area contributed by atoms with Crippen LogP contribution >= 0.6 is 11.6 Å². The summed E-state index contributed by atoms with van der Waals surface area (Å²) in [6, 6.07) is 18.9. The van der Waals surface area contributed by atoms with Crippen LogP contribution in [-0.2, 0) is 9.53 Å². The van der Waals surface area contributed by atoms with Crippen LogP contribution in [0.3, 0.4) is 0 Å². The molecule has 0 aliphatic carbocycles. The number of ether oxygens (including phenoxy) is 1. The Kier molecular flexibility index (Phi) is 5.84. The van der Waals surface area contributed by atoms with Crippen molar-refractivity contribution in [1.29, 1.82) is 0 Å². The molecule has 0 aliphatic rings. The summed E-state index contributed by atoms with van der Waals surface area (Å²) in [6.07, 6.45) is 0.364. The van der Waals surface area contributed by atoms with Crippen molar-refractivity contribution in [2.24, 2.45) is 0 Å². The van der Waals surface area contributed by atoms with Gasteiger partial charge in [0, 0.05) is 22.5 Å². The third-order valence-corrected chi connectivity index (χ3v) is 4.29. The van der Waals surface area contributed by atoms with E-state index in [9.17, 15) is 9.59 Å². The first-order valence-corrected chi connectivity index (χ1v) is 8.66. The van der Waals surface area contributed by atoms with E-state index >= 15 is 0 Å². The van der Waals surface area contributed by atoms with Crippen molar-refractivity contribution in [2.75, 3.05) is 5.32 Å². The third kappa shape index (κ3) is 4.71. The zero-order valence-electron chi connectivity index (χ0n) is 14.6. The second-order valence-electron chi connectivity index (χ2n) is 5.86. The van der Waals surface area contributed by atoms with Crippen LogP contribution in [0.5, 0.6) is 0 Å². The Morgan fingerprint density at radius 3 is 2.44 bits per heavy atom. The molecule has 27 heavy (non-hydrogen) atoms. The molecule has 2 aromatic carbocycles. The standard InChI is InChI=1S/C21H17ClN2O3/c1-14-10-11-16(13-17(14)22)24-20(25)19(15-7-3-2-4-8-15)27-21(26)18-9-5-6-12-23-18/h2-13,19H,1H3,(H,24,25)/t19-/m0/s1. The summed E-state index contributed by atoms with van der Waals surface area (Å²) in [7, 11) is 0. The molecule has 5 nitrogen and oxygen atoms in total. The number of benzene rings is 2. The highest BCUT2D eigenvalue weighted by Gasteiger charge is 2.26. The molecule has 0 radical (unpaired) electrons. The number of nitrogens with zero attached hydrogens (tertiary/aromatic N) is 1. The summed E-state index contributed by atoms with van der Waals surface area (Å²) in [6.45, 7) is 1.87. The number of hydrogen-bond acceptors (Lipinski definition) is 4. The Bertz CT molecular complexity index is 946. The van der Waals surface area contributed by atoms with Crippen molar-refractivity contribution in [1.82, 2.24) is 4.98 Å². The monoisotopic (exact) mass is 380 g/mol. The van der Waals surface area contributed by atoms with E-state index in [1.807, 2.05) is 13.0 Å². The Balaban J connectivity index is 1.84. The minimum Gasteiger partial charge on any atom is -0.443 e. The second kappa shape index (κ2) is 8.47. The van der Waals surface area contributed by atoms with Crippen LogP contribution in [0.25, 0.3) is 0 Å². The summed E-state index contributed by atoms with van der Waals surface area (Å²) in [5, 5.41) is 3.28. The molecule has 1 N–H and O–H groups in total. The van der Waals surface area contributed by atoms with Gasteiger partial charge in [-0.05, 0) is 36.8 Å². The zero-order valence-corrected chi connectivity index (χ0v) is 15.3. The highest BCUT2D eigenvalue weighted by atomic mass is 35.5. The molecule has 0 saturated carbocycles. The number of halogens is 1. The predicted octanol–water partition coefficient (Wildman–Crippen LogP) is 4.58. The average Bonchev–Trinajstić information content (AvgIpc) is 2.70. The van der Waals surface area contributed by atoms with Crippen molar-refractivity contribution < 1.29 is 14.3 Å². The lowest BCUT2D eigenvalue weighted by Gasteiger charge is -2.18. The van der Waals surface area contributed by atoms with Crippen LogP contribution < -0.4 is 5.32 Å². The minimum absolute atomic E-state index is 0.129. The van der Waals surface area contributed by atoms with Crippen LogP contribution in [0.1, 0.15) is 27.7 Å². The number of carbonyl (C=O) groups is 2. The maximum Gasteiger partial charge on any atom is 0.358 e. The highest BCUT2D eigenvalue weighted by Crippen LogP contribution is 2.24. The van der Waals surface area contributed by atoms with Gasteiger partial charge in [0.05, 0.1) is 0 Å².